The fourth-order valence-corrected chi connectivity index (χ4v) is 24.9. The summed E-state index contributed by atoms with van der Waals surface area (Å²) in [5.74, 6) is -3.60. The molecule has 5 N–H and O–H groups in total. The lowest BCUT2D eigenvalue weighted by molar-refractivity contribution is -0.144. The predicted octanol–water partition coefficient (Wildman–Crippen LogP) is 16.1. The van der Waals surface area contributed by atoms with Crippen LogP contribution >= 0.6 is 0 Å². The van der Waals surface area contributed by atoms with Gasteiger partial charge in [-0.25, -0.2) is 0 Å². The van der Waals surface area contributed by atoms with E-state index in [1.165, 1.54) is 116 Å². The van der Waals surface area contributed by atoms with Crippen molar-refractivity contribution in [2.24, 2.45) is 11.8 Å². The molecule has 2 aromatic carbocycles. The standard InChI is InChI=1S/C42H68N2O7Si2.C24H51NO5Si2/c1-6-7-8-9-10-11-12-13-14-15-16-18-25-38(42(48)49)34-39(45)43-30-21-32-52(3,4)51-53(5,50-2)33-22-31-44-41(47)37-28-26-36(27-29-37)40(46)35-23-19-17-20-24-35;1-7-8-9-10-11-12-13-14-15-16-17-18-19-22(20-23(26)27)24(28)25-21-32(6,29-2)30-31(3,4)5/h17,19-20,23-24,26-29,38H,6-16,18,21-22,25,30-34H2,1-5H3,(H,43,45)(H,44,47)(H,48,49);22H,7-21H2,1-6H3,(H,25,28)(H,26,27). The van der Waals surface area contributed by atoms with Gasteiger partial charge in [-0.05, 0) is 95.7 Å². The molecule has 19 heteroatoms. The van der Waals surface area contributed by atoms with Crippen LogP contribution in [0.15, 0.2) is 54.6 Å². The van der Waals surface area contributed by atoms with Crippen molar-refractivity contribution in [3.63, 3.8) is 0 Å². The molecule has 3 amide bonds. The fourth-order valence-electron chi connectivity index (χ4n) is 10.6. The van der Waals surface area contributed by atoms with E-state index in [4.69, 9.17) is 17.1 Å². The van der Waals surface area contributed by atoms with Gasteiger partial charge in [0, 0.05) is 56.3 Å². The van der Waals surface area contributed by atoms with E-state index >= 15 is 0 Å². The summed E-state index contributed by atoms with van der Waals surface area (Å²) in [6, 6.07) is 17.3. The van der Waals surface area contributed by atoms with Crippen molar-refractivity contribution in [1.29, 1.82) is 0 Å². The second-order valence-corrected chi connectivity index (χ2v) is 41.5. The Hall–Kier alpha value is -3.83. The molecule has 0 heterocycles. The lowest BCUT2D eigenvalue weighted by Gasteiger charge is -2.35. The number of carboxylic acids is 2. The van der Waals surface area contributed by atoms with Crippen molar-refractivity contribution in [3.8, 4) is 0 Å². The minimum atomic E-state index is -2.49. The average molecular weight is 1260 g/mol. The molecule has 0 fully saturated rings. The van der Waals surface area contributed by atoms with Crippen LogP contribution in [0, 0.1) is 11.8 Å². The van der Waals surface area contributed by atoms with E-state index in [0.29, 0.717) is 55.2 Å². The Bertz CT molecular complexity index is 2130. The molecule has 0 radical (unpaired) electrons. The Kier molecular flexibility index (Phi) is 43.1. The molecule has 0 bridgehead atoms. The number of amides is 3. The number of benzene rings is 2. The van der Waals surface area contributed by atoms with E-state index in [1.54, 1.807) is 50.6 Å². The normalized spacial score (nSPS) is 13.8. The zero-order valence-electron chi connectivity index (χ0n) is 55.1. The predicted molar refractivity (Wildman–Crippen MR) is 357 cm³/mol. The van der Waals surface area contributed by atoms with Gasteiger partial charge < -0.3 is 43.2 Å². The highest BCUT2D eigenvalue weighted by molar-refractivity contribution is 6.83. The maximum absolute atomic E-state index is 12.7. The summed E-state index contributed by atoms with van der Waals surface area (Å²) in [4.78, 5) is 73.8. The number of carbonyl (C=O) groups is 6. The SMILES string of the molecule is CCCCCCCCCCCCCCC(CC(=O)NCCC[Si](C)(C)O[Si](C)(CCCNC(=O)c1ccc(C(=O)c2ccccc2)cc1)OC)C(=O)O.CCCCCCCCCCCCCCC(CC(=O)O)C(=O)NC[Si](C)(OC)O[Si](C)(C)C. The van der Waals surface area contributed by atoms with Crippen LogP contribution in [0.5, 0.6) is 0 Å². The van der Waals surface area contributed by atoms with Gasteiger partial charge >= 0.3 is 29.1 Å². The zero-order chi connectivity index (χ0) is 63.4. The number of carboxylic acid groups (broad SMARTS) is 2. The highest BCUT2D eigenvalue weighted by atomic mass is 28.4. The van der Waals surface area contributed by atoms with Gasteiger partial charge in [-0.3, -0.25) is 28.8 Å². The van der Waals surface area contributed by atoms with Crippen LogP contribution in [-0.4, -0.2) is 113 Å². The topological polar surface area (TPSA) is 216 Å². The Morgan fingerprint density at radius 1 is 0.459 bits per heavy atom. The van der Waals surface area contributed by atoms with Crippen LogP contribution in [0.25, 0.3) is 0 Å². The van der Waals surface area contributed by atoms with E-state index in [9.17, 15) is 39.0 Å². The molecule has 0 spiro atoms. The van der Waals surface area contributed by atoms with Gasteiger partial charge in [0.25, 0.3) is 5.91 Å². The number of aliphatic carboxylic acids is 2. The number of unbranched alkanes of at least 4 members (excludes halogenated alkanes) is 22. The first-order chi connectivity index (χ1) is 40.4. The molecule has 0 saturated carbocycles. The molecular weight excluding hydrogens is 1140 g/mol. The van der Waals surface area contributed by atoms with Gasteiger partial charge in [0.05, 0.1) is 18.5 Å². The number of hydrogen-bond acceptors (Lipinski definition) is 10. The first kappa shape index (κ1) is 79.2. The maximum atomic E-state index is 12.7. The summed E-state index contributed by atoms with van der Waals surface area (Å²) in [5.41, 5.74) is 1.64. The van der Waals surface area contributed by atoms with Crippen molar-refractivity contribution >= 4 is 69.2 Å². The van der Waals surface area contributed by atoms with Crippen LogP contribution in [0.4, 0.5) is 0 Å². The van der Waals surface area contributed by atoms with Gasteiger partial charge in [0.1, 0.15) is 0 Å². The lowest BCUT2D eigenvalue weighted by Crippen LogP contribution is -2.55. The first-order valence-corrected chi connectivity index (χ1v) is 44.5. The van der Waals surface area contributed by atoms with Crippen LogP contribution in [-0.2, 0) is 36.3 Å². The maximum Gasteiger partial charge on any atom is 0.344 e. The molecule has 85 heavy (non-hydrogen) atoms. The summed E-state index contributed by atoms with van der Waals surface area (Å²) in [6.45, 7) is 20.1. The highest BCUT2D eigenvalue weighted by Gasteiger charge is 2.38. The molecule has 4 unspecified atom stereocenters. The molecule has 4 atom stereocenters. The minimum Gasteiger partial charge on any atom is -0.481 e. The van der Waals surface area contributed by atoms with E-state index in [2.05, 4.69) is 69.1 Å². The summed E-state index contributed by atoms with van der Waals surface area (Å²) >= 11 is 0. The van der Waals surface area contributed by atoms with Crippen LogP contribution in [0.3, 0.4) is 0 Å². The number of nitrogens with one attached hydrogen (secondary N) is 3. The van der Waals surface area contributed by atoms with Crippen molar-refractivity contribution in [1.82, 2.24) is 16.0 Å². The van der Waals surface area contributed by atoms with Gasteiger partial charge in [-0.1, -0.05) is 210 Å². The van der Waals surface area contributed by atoms with E-state index in [-0.39, 0.29) is 36.3 Å². The smallest absolute Gasteiger partial charge is 0.344 e. The Morgan fingerprint density at radius 3 is 1.33 bits per heavy atom. The largest absolute Gasteiger partial charge is 0.481 e. The van der Waals surface area contributed by atoms with Gasteiger partial charge in [0.15, 0.2) is 22.4 Å². The van der Waals surface area contributed by atoms with E-state index in [0.717, 1.165) is 57.0 Å². The molecular formula is C66H119N3O12Si4. The second kappa shape index (κ2) is 46.3. The molecule has 15 nitrogen and oxygen atoms in total. The number of ketones is 1. The van der Waals surface area contributed by atoms with Crippen molar-refractivity contribution < 1.29 is 56.1 Å². The highest BCUT2D eigenvalue weighted by Crippen LogP contribution is 2.25. The van der Waals surface area contributed by atoms with Crippen LogP contribution in [0.1, 0.15) is 233 Å². The summed E-state index contributed by atoms with van der Waals surface area (Å²) in [5, 5.41) is 27.8. The molecule has 2 aromatic rings. The fraction of sp³-hybridized carbons (Fsp3) is 0.727. The molecule has 0 aliphatic rings. The van der Waals surface area contributed by atoms with Crippen molar-refractivity contribution in [3.05, 3.63) is 71.3 Å². The first-order valence-electron chi connectivity index (χ1n) is 32.9. The number of carbonyl (C=O) groups excluding carboxylic acids is 4. The third kappa shape index (κ3) is 40.4. The van der Waals surface area contributed by atoms with Crippen LogP contribution in [0.2, 0.25) is 57.9 Å². The molecule has 0 aromatic heterocycles. The summed E-state index contributed by atoms with van der Waals surface area (Å²) < 4.78 is 24.4. The van der Waals surface area contributed by atoms with Crippen LogP contribution < -0.4 is 16.0 Å². The number of rotatable bonds is 51. The van der Waals surface area contributed by atoms with E-state index < -0.39 is 57.5 Å². The zero-order valence-corrected chi connectivity index (χ0v) is 59.1. The molecule has 486 valence electrons. The molecule has 0 aliphatic carbocycles. The lowest BCUT2D eigenvalue weighted by atomic mass is 9.96. The third-order valence-electron chi connectivity index (χ3n) is 15.7. The Balaban J connectivity index is 0.000000966. The summed E-state index contributed by atoms with van der Waals surface area (Å²) in [7, 11) is -5.60. The van der Waals surface area contributed by atoms with E-state index in [1.807, 2.05) is 24.7 Å². The quantitative estimate of drug-likeness (QED) is 0.0238. The van der Waals surface area contributed by atoms with Gasteiger partial charge in [0.2, 0.25) is 11.8 Å². The Morgan fingerprint density at radius 2 is 0.882 bits per heavy atom. The second-order valence-electron chi connectivity index (χ2n) is 25.4. The van der Waals surface area contributed by atoms with Gasteiger partial charge in [-0.2, -0.15) is 0 Å². The third-order valence-corrected chi connectivity index (χ3v) is 29.1. The van der Waals surface area contributed by atoms with Crippen molar-refractivity contribution in [2.45, 2.75) is 264 Å². The minimum absolute atomic E-state index is 0.0229. The van der Waals surface area contributed by atoms with Crippen molar-refractivity contribution in [2.75, 3.05) is 33.5 Å². The molecule has 2 rings (SSSR count). The average Bonchev–Trinajstić information content (AvgIpc) is 3.58. The monoisotopic (exact) mass is 1260 g/mol. The Labute approximate surface area is 519 Å². The molecule has 0 saturated heterocycles. The number of hydrogen-bond donors (Lipinski definition) is 5. The van der Waals surface area contributed by atoms with Gasteiger partial charge in [-0.15, -0.1) is 0 Å². The molecule has 0 aliphatic heterocycles. The summed E-state index contributed by atoms with van der Waals surface area (Å²) in [6.07, 6.45) is 32.7.